The van der Waals surface area contributed by atoms with Gasteiger partial charge in [-0.2, -0.15) is 0 Å². The van der Waals surface area contributed by atoms with Crippen molar-refractivity contribution in [2.24, 2.45) is 0 Å². The van der Waals surface area contributed by atoms with E-state index in [-0.39, 0.29) is 11.5 Å². The Kier molecular flexibility index (Phi) is 19.6. The number of carboxylic acid groups (broad SMARTS) is 1. The monoisotopic (exact) mass is 330 g/mol. The van der Waals surface area contributed by atoms with Gasteiger partial charge in [0.05, 0.1) is 13.2 Å². The number of esters is 2. The molecule has 0 rings (SSSR count). The van der Waals surface area contributed by atoms with Gasteiger partial charge in [-0.25, -0.2) is 14.4 Å². The highest BCUT2D eigenvalue weighted by Gasteiger charge is 1.98. The second kappa shape index (κ2) is 17.6. The molecule has 0 saturated carbocycles. The molecule has 0 fully saturated rings. The van der Waals surface area contributed by atoms with Crippen LogP contribution < -0.4 is 0 Å². The summed E-state index contributed by atoms with van der Waals surface area (Å²) in [6.07, 6.45) is 1.12. The summed E-state index contributed by atoms with van der Waals surface area (Å²) < 4.78 is 13.7. The van der Waals surface area contributed by atoms with Gasteiger partial charge in [-0.05, 0) is 20.8 Å². The SMILES string of the molecule is C=C(C)C(=O)O.C=C(C)C(=O)OCC.C=CC(=O)OCCOC. The van der Waals surface area contributed by atoms with Gasteiger partial charge in [-0.15, -0.1) is 0 Å². The molecule has 0 unspecified atom stereocenters. The molecule has 0 aliphatic carbocycles. The highest BCUT2D eigenvalue weighted by atomic mass is 16.6. The molecule has 0 saturated heterocycles. The van der Waals surface area contributed by atoms with Crippen molar-refractivity contribution in [3.05, 3.63) is 37.0 Å². The van der Waals surface area contributed by atoms with E-state index in [1.165, 1.54) is 6.92 Å². The third-order valence-corrected chi connectivity index (χ3v) is 1.69. The van der Waals surface area contributed by atoms with E-state index in [0.717, 1.165) is 6.08 Å². The third kappa shape index (κ3) is 24.9. The molecule has 0 radical (unpaired) electrons. The minimum atomic E-state index is -0.935. The first kappa shape index (κ1) is 25.5. The standard InChI is InChI=1S/C6H10O3.C6H10O2.C4H6O2/c1-3-6(7)9-5-4-8-2;1-4-8-6(7)5(2)3;1-3(2)4(5)6/h3H,1,4-5H2,2H3;2,4H2,1,3H3;1H2,2H3,(H,5,6). The fourth-order valence-electron chi connectivity index (χ4n) is 0.539. The van der Waals surface area contributed by atoms with Crippen LogP contribution in [0, 0.1) is 0 Å². The predicted octanol–water partition coefficient (Wildman–Crippen LogP) is 2.13. The number of ether oxygens (including phenoxy) is 3. The van der Waals surface area contributed by atoms with Gasteiger partial charge in [0.25, 0.3) is 0 Å². The molecular formula is C16H26O7. The van der Waals surface area contributed by atoms with E-state index >= 15 is 0 Å². The van der Waals surface area contributed by atoms with E-state index in [2.05, 4.69) is 33.9 Å². The normalized spacial score (nSPS) is 8.17. The topological polar surface area (TPSA) is 99.1 Å². The molecule has 0 aromatic heterocycles. The first-order valence-electron chi connectivity index (χ1n) is 6.63. The molecule has 0 atom stereocenters. The van der Waals surface area contributed by atoms with Gasteiger partial charge in [-0.3, -0.25) is 0 Å². The molecule has 0 aromatic rings. The van der Waals surface area contributed by atoms with Gasteiger partial charge in [0.1, 0.15) is 6.61 Å². The van der Waals surface area contributed by atoms with Crippen LogP contribution in [0.5, 0.6) is 0 Å². The highest BCUT2D eigenvalue weighted by molar-refractivity contribution is 5.86. The number of carbonyl (C=O) groups excluding carboxylic acids is 2. The van der Waals surface area contributed by atoms with Gasteiger partial charge < -0.3 is 19.3 Å². The zero-order chi connectivity index (χ0) is 18.8. The number of methoxy groups -OCH3 is 1. The van der Waals surface area contributed by atoms with Gasteiger partial charge in [-0.1, -0.05) is 19.7 Å². The Morgan fingerprint density at radius 2 is 1.52 bits per heavy atom. The number of rotatable bonds is 7. The Morgan fingerprint density at radius 1 is 1.04 bits per heavy atom. The summed E-state index contributed by atoms with van der Waals surface area (Å²) in [5, 5.41) is 7.89. The maximum atomic E-state index is 10.4. The van der Waals surface area contributed by atoms with Crippen LogP contribution in [0.1, 0.15) is 20.8 Å². The Balaban J connectivity index is -0.000000266. The smallest absolute Gasteiger partial charge is 0.333 e. The molecule has 7 nitrogen and oxygen atoms in total. The minimum Gasteiger partial charge on any atom is -0.478 e. The number of carboxylic acids is 1. The molecule has 132 valence electrons. The number of hydrogen-bond acceptors (Lipinski definition) is 6. The summed E-state index contributed by atoms with van der Waals surface area (Å²) in [4.78, 5) is 30.3. The van der Waals surface area contributed by atoms with Crippen LogP contribution in [0.2, 0.25) is 0 Å². The van der Waals surface area contributed by atoms with Crippen LogP contribution in [-0.2, 0) is 28.6 Å². The summed E-state index contributed by atoms with van der Waals surface area (Å²) in [6, 6.07) is 0. The molecule has 0 spiro atoms. The Bertz CT molecular complexity index is 399. The lowest BCUT2D eigenvalue weighted by Gasteiger charge is -1.98. The lowest BCUT2D eigenvalue weighted by Crippen LogP contribution is -2.06. The molecular weight excluding hydrogens is 304 g/mol. The molecule has 1 N–H and O–H groups in total. The van der Waals surface area contributed by atoms with Crippen molar-refractivity contribution in [3.8, 4) is 0 Å². The average Bonchev–Trinajstić information content (AvgIpc) is 2.48. The maximum absolute atomic E-state index is 10.4. The van der Waals surface area contributed by atoms with E-state index in [9.17, 15) is 14.4 Å². The first-order chi connectivity index (χ1) is 10.6. The molecule has 0 aliphatic rings. The van der Waals surface area contributed by atoms with E-state index in [1.54, 1.807) is 21.0 Å². The second-order valence-electron chi connectivity index (χ2n) is 3.95. The second-order valence-corrected chi connectivity index (χ2v) is 3.95. The molecule has 0 aliphatic heterocycles. The largest absolute Gasteiger partial charge is 0.478 e. The van der Waals surface area contributed by atoms with Crippen LogP contribution in [-0.4, -0.2) is 49.9 Å². The highest BCUT2D eigenvalue weighted by Crippen LogP contribution is 1.89. The van der Waals surface area contributed by atoms with Crippen molar-refractivity contribution in [2.75, 3.05) is 26.9 Å². The van der Waals surface area contributed by atoms with Gasteiger partial charge >= 0.3 is 17.9 Å². The molecule has 0 aromatic carbocycles. The molecule has 23 heavy (non-hydrogen) atoms. The summed E-state index contributed by atoms with van der Waals surface area (Å²) >= 11 is 0. The minimum absolute atomic E-state index is 0.176. The van der Waals surface area contributed by atoms with Gasteiger partial charge in [0, 0.05) is 24.3 Å². The molecule has 7 heteroatoms. The number of carbonyl (C=O) groups is 3. The number of aliphatic carboxylic acids is 1. The van der Waals surface area contributed by atoms with Crippen molar-refractivity contribution in [1.29, 1.82) is 0 Å². The number of hydrogen-bond donors (Lipinski definition) is 1. The Hall–Kier alpha value is -2.41. The summed E-state index contributed by atoms with van der Waals surface area (Å²) in [6.45, 7) is 15.8. The van der Waals surface area contributed by atoms with Gasteiger partial charge in [0.2, 0.25) is 0 Å². The fraction of sp³-hybridized carbons (Fsp3) is 0.438. The quantitative estimate of drug-likeness (QED) is 0.433. The van der Waals surface area contributed by atoms with Crippen molar-refractivity contribution in [3.63, 3.8) is 0 Å². The van der Waals surface area contributed by atoms with Crippen LogP contribution in [0.3, 0.4) is 0 Å². The van der Waals surface area contributed by atoms with E-state index in [0.29, 0.717) is 25.4 Å². The van der Waals surface area contributed by atoms with Crippen molar-refractivity contribution < 1.29 is 33.7 Å². The Morgan fingerprint density at radius 3 is 1.74 bits per heavy atom. The van der Waals surface area contributed by atoms with E-state index in [4.69, 9.17) is 5.11 Å². The van der Waals surface area contributed by atoms with Gasteiger partial charge in [0.15, 0.2) is 0 Å². The molecule has 0 heterocycles. The van der Waals surface area contributed by atoms with Crippen LogP contribution in [0.4, 0.5) is 0 Å². The van der Waals surface area contributed by atoms with Crippen molar-refractivity contribution >= 4 is 17.9 Å². The van der Waals surface area contributed by atoms with Crippen molar-refractivity contribution in [1.82, 2.24) is 0 Å². The third-order valence-electron chi connectivity index (χ3n) is 1.69. The van der Waals surface area contributed by atoms with E-state index < -0.39 is 11.9 Å². The van der Waals surface area contributed by atoms with Crippen LogP contribution in [0.15, 0.2) is 37.0 Å². The zero-order valence-electron chi connectivity index (χ0n) is 14.2. The average molecular weight is 330 g/mol. The van der Waals surface area contributed by atoms with Crippen LogP contribution >= 0.6 is 0 Å². The lowest BCUT2D eigenvalue weighted by atomic mass is 10.4. The first-order valence-corrected chi connectivity index (χ1v) is 6.63. The van der Waals surface area contributed by atoms with E-state index in [1.807, 2.05) is 0 Å². The summed E-state index contributed by atoms with van der Waals surface area (Å²) in [7, 11) is 1.54. The summed E-state index contributed by atoms with van der Waals surface area (Å²) in [5.41, 5.74) is 0.627. The molecule has 0 amide bonds. The molecule has 0 bridgehead atoms. The lowest BCUT2D eigenvalue weighted by molar-refractivity contribution is -0.139. The maximum Gasteiger partial charge on any atom is 0.333 e. The fourth-order valence-corrected chi connectivity index (χ4v) is 0.539. The van der Waals surface area contributed by atoms with Crippen molar-refractivity contribution in [2.45, 2.75) is 20.8 Å². The predicted molar refractivity (Wildman–Crippen MR) is 86.9 cm³/mol. The summed E-state index contributed by atoms with van der Waals surface area (Å²) in [5.74, 6) is -1.66. The zero-order valence-corrected chi connectivity index (χ0v) is 14.2. The van der Waals surface area contributed by atoms with Crippen LogP contribution in [0.25, 0.3) is 0 Å². The Labute approximate surface area is 137 Å².